The first-order chi connectivity index (χ1) is 5.97. The fourth-order valence-electron chi connectivity index (χ4n) is 1.19. The van der Waals surface area contributed by atoms with Crippen LogP contribution in [0.5, 0.6) is 0 Å². The van der Waals surface area contributed by atoms with Crippen molar-refractivity contribution in [3.63, 3.8) is 0 Å². The molecule has 1 aromatic carbocycles. The van der Waals surface area contributed by atoms with E-state index in [0.29, 0.717) is 0 Å². The summed E-state index contributed by atoms with van der Waals surface area (Å²) in [6, 6.07) is 16.3. The summed E-state index contributed by atoms with van der Waals surface area (Å²) in [7, 11) is 0. The van der Waals surface area contributed by atoms with Gasteiger partial charge in [-0.05, 0) is 18.2 Å². The first-order valence-electron chi connectivity index (χ1n) is 3.99. The van der Waals surface area contributed by atoms with Crippen LogP contribution in [0.1, 0.15) is 0 Å². The van der Waals surface area contributed by atoms with E-state index in [0.717, 1.165) is 5.69 Å². The van der Waals surface area contributed by atoms with Gasteiger partial charge in [0.05, 0.1) is 0 Å². The predicted molar refractivity (Wildman–Crippen MR) is 48.4 cm³/mol. The average molecular weight is 257 g/mol. The second-order valence-electron chi connectivity index (χ2n) is 2.64. The maximum Gasteiger partial charge on any atom is 0.210 e. The van der Waals surface area contributed by atoms with Gasteiger partial charge in [-0.25, -0.2) is 4.98 Å². The van der Waals surface area contributed by atoms with Crippen molar-refractivity contribution < 1.29 is 24.5 Å². The molecule has 0 saturated carbocycles. The van der Waals surface area contributed by atoms with E-state index in [2.05, 4.69) is 23.2 Å². The Labute approximate surface area is 90.6 Å². The van der Waals surface area contributed by atoms with Crippen LogP contribution in [-0.4, -0.2) is 0 Å². The smallest absolute Gasteiger partial charge is 0.210 e. The van der Waals surface area contributed by atoms with Crippen molar-refractivity contribution in [2.75, 3.05) is 0 Å². The normalized spacial score (nSPS) is 8.92. The van der Waals surface area contributed by atoms with Crippen LogP contribution in [0.2, 0.25) is 0 Å². The second kappa shape index (κ2) is 4.88. The van der Waals surface area contributed by atoms with Crippen LogP contribution in [0.25, 0.3) is 11.3 Å². The molecule has 13 heavy (non-hydrogen) atoms. The van der Waals surface area contributed by atoms with E-state index in [4.69, 9.17) is 0 Å². The summed E-state index contributed by atoms with van der Waals surface area (Å²) < 4.78 is 0. The molecule has 0 aliphatic carbocycles. The zero-order valence-corrected chi connectivity index (χ0v) is 8.79. The Morgan fingerprint density at radius 1 is 0.769 bits per heavy atom. The summed E-state index contributed by atoms with van der Waals surface area (Å²) in [5.74, 6) is 0. The molecule has 1 N–H and O–H groups in total. The Bertz CT molecular complexity index is 307. The Balaban J connectivity index is 0.000000845. The molecule has 0 amide bonds. The van der Waals surface area contributed by atoms with Gasteiger partial charge in [0.2, 0.25) is 5.69 Å². The molecule has 0 fully saturated rings. The molecule has 0 bridgehead atoms. The molecule has 0 radical (unpaired) electrons. The SMILES string of the molecule is [Ru].c1ccc(-c2cccc[nH+]2)cc1. The quantitative estimate of drug-likeness (QED) is 0.695. The van der Waals surface area contributed by atoms with Crippen LogP contribution in [-0.2, 0) is 19.5 Å². The minimum Gasteiger partial charge on any atom is -0.211 e. The zero-order chi connectivity index (χ0) is 8.23. The Morgan fingerprint density at radius 3 is 2.08 bits per heavy atom. The van der Waals surface area contributed by atoms with E-state index in [9.17, 15) is 0 Å². The topological polar surface area (TPSA) is 14.1 Å². The number of aromatic amines is 1. The van der Waals surface area contributed by atoms with Gasteiger partial charge in [0.1, 0.15) is 0 Å². The van der Waals surface area contributed by atoms with Gasteiger partial charge in [0.25, 0.3) is 0 Å². The average Bonchev–Trinajstić information content (AvgIpc) is 2.21. The molecular weight excluding hydrogens is 247 g/mol. The Morgan fingerprint density at radius 2 is 1.46 bits per heavy atom. The number of rotatable bonds is 1. The molecule has 66 valence electrons. The fourth-order valence-corrected chi connectivity index (χ4v) is 1.19. The molecular formula is C11H10NRu+. The molecule has 1 heterocycles. The molecule has 2 heteroatoms. The maximum absolute atomic E-state index is 3.18. The van der Waals surface area contributed by atoms with Gasteiger partial charge in [0.15, 0.2) is 6.20 Å². The molecule has 1 nitrogen and oxygen atoms in total. The van der Waals surface area contributed by atoms with Crippen LogP contribution in [0.4, 0.5) is 0 Å². The van der Waals surface area contributed by atoms with Gasteiger partial charge in [-0.2, -0.15) is 0 Å². The number of pyridine rings is 1. The van der Waals surface area contributed by atoms with Crippen LogP contribution in [0.3, 0.4) is 0 Å². The third-order valence-corrected chi connectivity index (χ3v) is 1.79. The number of benzene rings is 1. The number of hydrogen-bond acceptors (Lipinski definition) is 0. The molecule has 0 aliphatic heterocycles. The van der Waals surface area contributed by atoms with Crippen molar-refractivity contribution in [3.8, 4) is 11.3 Å². The zero-order valence-electron chi connectivity index (χ0n) is 7.05. The maximum atomic E-state index is 3.18. The van der Waals surface area contributed by atoms with Gasteiger partial charge >= 0.3 is 0 Å². The molecule has 0 spiro atoms. The number of H-pyrrole nitrogens is 1. The van der Waals surface area contributed by atoms with E-state index < -0.39 is 0 Å². The third-order valence-electron chi connectivity index (χ3n) is 1.79. The molecule has 0 saturated heterocycles. The fraction of sp³-hybridized carbons (Fsp3) is 0. The number of aromatic nitrogens is 1. The van der Waals surface area contributed by atoms with E-state index >= 15 is 0 Å². The second-order valence-corrected chi connectivity index (χ2v) is 2.64. The van der Waals surface area contributed by atoms with E-state index in [1.807, 2.05) is 36.5 Å². The molecule has 2 aromatic rings. The summed E-state index contributed by atoms with van der Waals surface area (Å²) >= 11 is 0. The standard InChI is InChI=1S/C11H9N.Ru/c1-2-6-10(7-3-1)11-8-4-5-9-12-11;/h1-9H;/p+1. The minimum absolute atomic E-state index is 0. The van der Waals surface area contributed by atoms with Gasteiger partial charge in [-0.3, -0.25) is 0 Å². The minimum atomic E-state index is 0. The molecule has 1 aromatic heterocycles. The summed E-state index contributed by atoms with van der Waals surface area (Å²) in [4.78, 5) is 3.18. The van der Waals surface area contributed by atoms with Crippen LogP contribution >= 0.6 is 0 Å². The summed E-state index contributed by atoms with van der Waals surface area (Å²) in [6.45, 7) is 0. The van der Waals surface area contributed by atoms with E-state index in [1.165, 1.54) is 5.56 Å². The van der Waals surface area contributed by atoms with Crippen molar-refractivity contribution >= 4 is 0 Å². The van der Waals surface area contributed by atoms with Crippen LogP contribution in [0, 0.1) is 0 Å². The third kappa shape index (κ3) is 2.46. The molecule has 2 rings (SSSR count). The number of nitrogens with one attached hydrogen (secondary N) is 1. The van der Waals surface area contributed by atoms with Crippen LogP contribution in [0.15, 0.2) is 54.7 Å². The van der Waals surface area contributed by atoms with Crippen molar-refractivity contribution in [1.82, 2.24) is 0 Å². The van der Waals surface area contributed by atoms with Crippen molar-refractivity contribution in [3.05, 3.63) is 54.7 Å². The first-order valence-corrected chi connectivity index (χ1v) is 3.99. The largest absolute Gasteiger partial charge is 0.211 e. The first kappa shape index (κ1) is 10.1. The number of hydrogen-bond donors (Lipinski definition) is 0. The van der Waals surface area contributed by atoms with E-state index in [1.54, 1.807) is 0 Å². The summed E-state index contributed by atoms with van der Waals surface area (Å²) in [6.07, 6.45) is 1.93. The van der Waals surface area contributed by atoms with E-state index in [-0.39, 0.29) is 19.5 Å². The van der Waals surface area contributed by atoms with Crippen molar-refractivity contribution in [2.45, 2.75) is 0 Å². The van der Waals surface area contributed by atoms with Crippen molar-refractivity contribution in [2.24, 2.45) is 0 Å². The van der Waals surface area contributed by atoms with Gasteiger partial charge in [-0.15, -0.1) is 0 Å². The van der Waals surface area contributed by atoms with Gasteiger partial charge < -0.3 is 0 Å². The Hall–Kier alpha value is -1.01. The van der Waals surface area contributed by atoms with Gasteiger partial charge in [-0.1, -0.05) is 18.2 Å². The molecule has 0 aliphatic rings. The molecule has 0 atom stereocenters. The monoisotopic (exact) mass is 258 g/mol. The summed E-state index contributed by atoms with van der Waals surface area (Å²) in [5, 5.41) is 0. The van der Waals surface area contributed by atoms with Crippen LogP contribution < -0.4 is 4.98 Å². The van der Waals surface area contributed by atoms with Crippen molar-refractivity contribution in [1.29, 1.82) is 0 Å². The summed E-state index contributed by atoms with van der Waals surface area (Å²) in [5.41, 5.74) is 2.37. The Kier molecular flexibility index (Phi) is 3.79. The van der Waals surface area contributed by atoms with Gasteiger partial charge in [0, 0.05) is 37.2 Å². The predicted octanol–water partition coefficient (Wildman–Crippen LogP) is 2.17. The molecule has 0 unspecified atom stereocenters.